The van der Waals surface area contributed by atoms with Crippen LogP contribution in [0.15, 0.2) is 40.7 Å². The summed E-state index contributed by atoms with van der Waals surface area (Å²) in [7, 11) is -3.41. The van der Waals surface area contributed by atoms with Gasteiger partial charge in [-0.25, -0.2) is 13.4 Å². The zero-order valence-electron chi connectivity index (χ0n) is 12.5. The molecule has 3 rings (SSSR count). The van der Waals surface area contributed by atoms with Crippen molar-refractivity contribution in [3.63, 3.8) is 0 Å². The van der Waals surface area contributed by atoms with Crippen molar-refractivity contribution in [2.24, 2.45) is 0 Å². The fraction of sp³-hybridized carbons (Fsp3) is 0.400. The van der Waals surface area contributed by atoms with Crippen LogP contribution in [0.1, 0.15) is 12.0 Å². The van der Waals surface area contributed by atoms with Gasteiger partial charge in [0.05, 0.1) is 4.90 Å². The maximum absolute atomic E-state index is 12.8. The molecule has 0 saturated carbocycles. The molecular weight excluding hydrogens is 318 g/mol. The largest absolute Gasteiger partial charge is 0.347 e. The van der Waals surface area contributed by atoms with Crippen LogP contribution in [0, 0.1) is 6.92 Å². The quantitative estimate of drug-likeness (QED) is 0.863. The summed E-state index contributed by atoms with van der Waals surface area (Å²) in [6, 6.07) is 7.11. The van der Waals surface area contributed by atoms with Crippen LogP contribution in [0.2, 0.25) is 0 Å². The number of thiazole rings is 1. The fourth-order valence-corrected chi connectivity index (χ4v) is 4.89. The lowest BCUT2D eigenvalue weighted by Crippen LogP contribution is -2.35. The van der Waals surface area contributed by atoms with E-state index >= 15 is 0 Å². The molecule has 7 heteroatoms. The molecule has 0 N–H and O–H groups in total. The first-order chi connectivity index (χ1) is 10.6. The van der Waals surface area contributed by atoms with Crippen molar-refractivity contribution >= 4 is 26.5 Å². The molecule has 2 aromatic rings. The highest BCUT2D eigenvalue weighted by Gasteiger charge is 2.27. The lowest BCUT2D eigenvalue weighted by molar-refractivity contribution is 0.433. The highest BCUT2D eigenvalue weighted by molar-refractivity contribution is 7.89. The van der Waals surface area contributed by atoms with Crippen LogP contribution in [0.3, 0.4) is 0 Å². The predicted octanol–water partition coefficient (Wildman–Crippen LogP) is 2.35. The van der Waals surface area contributed by atoms with Crippen molar-refractivity contribution < 1.29 is 8.42 Å². The van der Waals surface area contributed by atoms with E-state index in [1.54, 1.807) is 40.0 Å². The Morgan fingerprint density at radius 3 is 2.77 bits per heavy atom. The summed E-state index contributed by atoms with van der Waals surface area (Å²) in [5, 5.41) is 2.91. The van der Waals surface area contributed by atoms with E-state index in [9.17, 15) is 8.42 Å². The Morgan fingerprint density at radius 2 is 2.05 bits per heavy atom. The van der Waals surface area contributed by atoms with E-state index in [1.165, 1.54) is 0 Å². The van der Waals surface area contributed by atoms with Gasteiger partial charge in [0.2, 0.25) is 10.0 Å². The van der Waals surface area contributed by atoms with Gasteiger partial charge in [-0.2, -0.15) is 4.31 Å². The number of benzene rings is 1. The Bertz CT molecular complexity index is 729. The van der Waals surface area contributed by atoms with Crippen LogP contribution >= 0.6 is 11.3 Å². The molecular formula is C15H19N3O2S2. The molecule has 1 saturated heterocycles. The zero-order chi connectivity index (χ0) is 15.6. The number of aromatic nitrogens is 1. The van der Waals surface area contributed by atoms with Crippen LogP contribution in [0.25, 0.3) is 0 Å². The Hall–Kier alpha value is -1.44. The van der Waals surface area contributed by atoms with E-state index in [-0.39, 0.29) is 0 Å². The number of sulfonamides is 1. The first-order valence-electron chi connectivity index (χ1n) is 7.28. The number of anilines is 1. The first kappa shape index (κ1) is 15.5. The van der Waals surface area contributed by atoms with Crippen LogP contribution < -0.4 is 4.90 Å². The van der Waals surface area contributed by atoms with Crippen molar-refractivity contribution in [1.29, 1.82) is 0 Å². The van der Waals surface area contributed by atoms with Gasteiger partial charge in [-0.15, -0.1) is 11.3 Å². The minimum Gasteiger partial charge on any atom is -0.347 e. The molecule has 0 radical (unpaired) electrons. The van der Waals surface area contributed by atoms with Crippen molar-refractivity contribution in [2.45, 2.75) is 18.2 Å². The Balaban J connectivity index is 1.78. The number of hydrogen-bond donors (Lipinski definition) is 0. The second-order valence-corrected chi connectivity index (χ2v) is 8.19. The minimum absolute atomic E-state index is 0.384. The lowest BCUT2D eigenvalue weighted by Gasteiger charge is -2.21. The predicted molar refractivity (Wildman–Crippen MR) is 88.9 cm³/mol. The van der Waals surface area contributed by atoms with Gasteiger partial charge < -0.3 is 4.90 Å². The van der Waals surface area contributed by atoms with Gasteiger partial charge in [0.1, 0.15) is 0 Å². The maximum Gasteiger partial charge on any atom is 0.243 e. The Morgan fingerprint density at radius 1 is 1.18 bits per heavy atom. The summed E-state index contributed by atoms with van der Waals surface area (Å²) < 4.78 is 27.2. The maximum atomic E-state index is 12.8. The first-order valence-corrected chi connectivity index (χ1v) is 9.60. The van der Waals surface area contributed by atoms with Crippen LogP contribution in [0.4, 0.5) is 5.13 Å². The molecule has 1 aliphatic rings. The van der Waals surface area contributed by atoms with Gasteiger partial charge in [0.25, 0.3) is 0 Å². The van der Waals surface area contributed by atoms with Gasteiger partial charge >= 0.3 is 0 Å². The van der Waals surface area contributed by atoms with E-state index < -0.39 is 10.0 Å². The summed E-state index contributed by atoms with van der Waals surface area (Å²) >= 11 is 1.59. The highest BCUT2D eigenvalue weighted by Crippen LogP contribution is 2.22. The van der Waals surface area contributed by atoms with Crippen molar-refractivity contribution in [3.8, 4) is 0 Å². The third kappa shape index (κ3) is 3.16. The Kier molecular flexibility index (Phi) is 4.46. The molecule has 1 fully saturated rings. The zero-order valence-corrected chi connectivity index (χ0v) is 14.1. The molecule has 2 heterocycles. The van der Waals surface area contributed by atoms with Gasteiger partial charge in [-0.05, 0) is 31.0 Å². The van der Waals surface area contributed by atoms with E-state index in [4.69, 9.17) is 0 Å². The molecule has 1 aromatic carbocycles. The molecule has 118 valence electrons. The van der Waals surface area contributed by atoms with E-state index in [0.29, 0.717) is 24.5 Å². The third-order valence-corrected chi connectivity index (χ3v) is 6.50. The van der Waals surface area contributed by atoms with E-state index in [1.807, 2.05) is 18.4 Å². The molecule has 22 heavy (non-hydrogen) atoms. The number of rotatable bonds is 3. The van der Waals surface area contributed by atoms with Crippen molar-refractivity contribution in [3.05, 3.63) is 41.4 Å². The highest BCUT2D eigenvalue weighted by atomic mass is 32.2. The van der Waals surface area contributed by atoms with Crippen molar-refractivity contribution in [2.75, 3.05) is 31.1 Å². The normalized spacial score (nSPS) is 17.4. The van der Waals surface area contributed by atoms with Gasteiger partial charge in [-0.3, -0.25) is 0 Å². The second kappa shape index (κ2) is 6.36. The van der Waals surface area contributed by atoms with Crippen LogP contribution in [-0.2, 0) is 10.0 Å². The lowest BCUT2D eigenvalue weighted by atomic mass is 10.2. The average Bonchev–Trinajstić information content (AvgIpc) is 2.91. The molecule has 0 bridgehead atoms. The molecule has 5 nitrogen and oxygen atoms in total. The second-order valence-electron chi connectivity index (χ2n) is 5.38. The van der Waals surface area contributed by atoms with Gasteiger partial charge in [-0.1, -0.05) is 12.1 Å². The topological polar surface area (TPSA) is 53.5 Å². The van der Waals surface area contributed by atoms with Gasteiger partial charge in [0, 0.05) is 37.8 Å². The average molecular weight is 337 g/mol. The molecule has 1 aliphatic heterocycles. The molecule has 0 amide bonds. The summed E-state index contributed by atoms with van der Waals surface area (Å²) in [4.78, 5) is 6.86. The summed E-state index contributed by atoms with van der Waals surface area (Å²) in [5.74, 6) is 0. The monoisotopic (exact) mass is 337 g/mol. The standard InChI is InChI=1S/C15H19N3O2S2/c1-13-4-2-5-14(12-13)22(19,20)18-8-3-7-17(9-10-18)15-16-6-11-21-15/h2,4-6,11-12H,3,7-10H2,1H3. The molecule has 1 aromatic heterocycles. The fourth-order valence-electron chi connectivity index (χ4n) is 2.62. The third-order valence-electron chi connectivity index (χ3n) is 3.77. The summed E-state index contributed by atoms with van der Waals surface area (Å²) in [6.45, 7) is 4.48. The molecule has 0 spiro atoms. The number of hydrogen-bond acceptors (Lipinski definition) is 5. The Labute approximate surface area is 135 Å². The smallest absolute Gasteiger partial charge is 0.243 e. The minimum atomic E-state index is -3.41. The molecule has 0 unspecified atom stereocenters. The number of aryl methyl sites for hydroxylation is 1. The van der Waals surface area contributed by atoms with Gasteiger partial charge in [0.15, 0.2) is 5.13 Å². The van der Waals surface area contributed by atoms with E-state index in [2.05, 4.69) is 9.88 Å². The summed E-state index contributed by atoms with van der Waals surface area (Å²) in [6.07, 6.45) is 2.59. The van der Waals surface area contributed by atoms with E-state index in [0.717, 1.165) is 23.7 Å². The number of nitrogens with zero attached hydrogens (tertiary/aromatic N) is 3. The van der Waals surface area contributed by atoms with Crippen molar-refractivity contribution in [1.82, 2.24) is 9.29 Å². The van der Waals surface area contributed by atoms with Crippen LogP contribution in [-0.4, -0.2) is 43.9 Å². The molecule has 0 atom stereocenters. The van der Waals surface area contributed by atoms with Crippen LogP contribution in [0.5, 0.6) is 0 Å². The SMILES string of the molecule is Cc1cccc(S(=O)(=O)N2CCCN(c3nccs3)CC2)c1. The molecule has 0 aliphatic carbocycles. The summed E-state index contributed by atoms with van der Waals surface area (Å²) in [5.41, 5.74) is 0.959.